The zero-order valence-electron chi connectivity index (χ0n) is 10.7. The highest BCUT2D eigenvalue weighted by molar-refractivity contribution is 9.10. The van der Waals surface area contributed by atoms with E-state index in [2.05, 4.69) is 21.0 Å². The molecule has 0 aliphatic heterocycles. The Morgan fingerprint density at radius 1 is 1.42 bits per heavy atom. The van der Waals surface area contributed by atoms with Gasteiger partial charge in [-0.1, -0.05) is 30.3 Å². The number of carbonyl (C=O) groups is 1. The topological polar surface area (TPSA) is 60.9 Å². The normalized spacial score (nSPS) is 12.4. The van der Waals surface area contributed by atoms with Crippen molar-refractivity contribution in [2.75, 3.05) is 0 Å². The number of ketones is 1. The van der Waals surface area contributed by atoms with Crippen LogP contribution in [0.3, 0.4) is 0 Å². The second-order valence-electron chi connectivity index (χ2n) is 4.30. The first-order valence-corrected chi connectivity index (χ1v) is 6.97. The summed E-state index contributed by atoms with van der Waals surface area (Å²) in [5, 5.41) is 4.14. The largest absolute Gasteiger partial charge is 0.324 e. The zero-order chi connectivity index (χ0) is 13.8. The molecule has 5 heteroatoms. The summed E-state index contributed by atoms with van der Waals surface area (Å²) in [4.78, 5) is 12.3. The number of halogens is 1. The van der Waals surface area contributed by atoms with E-state index in [1.54, 1.807) is 10.9 Å². The van der Waals surface area contributed by atoms with Gasteiger partial charge < -0.3 is 5.73 Å². The Hall–Kier alpha value is -1.46. The smallest absolute Gasteiger partial charge is 0.183 e. The summed E-state index contributed by atoms with van der Waals surface area (Å²) in [5.41, 5.74) is 7.64. The van der Waals surface area contributed by atoms with Gasteiger partial charge in [0.2, 0.25) is 0 Å². The number of aromatic nitrogens is 2. The second kappa shape index (κ2) is 6.12. The van der Waals surface area contributed by atoms with Crippen LogP contribution in [-0.2, 0) is 6.54 Å². The molecule has 0 saturated carbocycles. The van der Waals surface area contributed by atoms with E-state index < -0.39 is 0 Å². The van der Waals surface area contributed by atoms with Gasteiger partial charge in [0.05, 0.1) is 10.7 Å². The van der Waals surface area contributed by atoms with E-state index in [9.17, 15) is 4.79 Å². The lowest BCUT2D eigenvalue weighted by Crippen LogP contribution is -2.18. The molecule has 0 spiro atoms. The molecule has 2 N–H and O–H groups in total. The van der Waals surface area contributed by atoms with Crippen LogP contribution in [-0.4, -0.2) is 15.6 Å². The monoisotopic (exact) mass is 321 g/mol. The van der Waals surface area contributed by atoms with Crippen molar-refractivity contribution in [1.82, 2.24) is 9.78 Å². The van der Waals surface area contributed by atoms with Crippen molar-refractivity contribution >= 4 is 21.7 Å². The van der Waals surface area contributed by atoms with Crippen molar-refractivity contribution in [3.63, 3.8) is 0 Å². The van der Waals surface area contributed by atoms with Gasteiger partial charge in [-0.2, -0.15) is 5.10 Å². The van der Waals surface area contributed by atoms with Gasteiger partial charge in [-0.3, -0.25) is 9.48 Å². The van der Waals surface area contributed by atoms with Crippen LogP contribution in [0.15, 0.2) is 41.0 Å². The molecule has 0 amide bonds. The van der Waals surface area contributed by atoms with Crippen molar-refractivity contribution < 1.29 is 4.79 Å². The van der Waals surface area contributed by atoms with Crippen molar-refractivity contribution in [3.8, 4) is 0 Å². The molecule has 19 heavy (non-hydrogen) atoms. The number of aryl methyl sites for hydroxylation is 1. The minimum Gasteiger partial charge on any atom is -0.324 e. The number of rotatable bonds is 5. The van der Waals surface area contributed by atoms with Crippen LogP contribution < -0.4 is 5.73 Å². The first kappa shape index (κ1) is 14.0. The van der Waals surface area contributed by atoms with Gasteiger partial charge in [-0.15, -0.1) is 0 Å². The van der Waals surface area contributed by atoms with Gasteiger partial charge in [-0.25, -0.2) is 0 Å². The van der Waals surface area contributed by atoms with E-state index in [0.29, 0.717) is 12.2 Å². The molecule has 0 fully saturated rings. The first-order valence-electron chi connectivity index (χ1n) is 6.18. The molecule has 1 unspecified atom stereocenters. The standard InChI is InChI=1S/C14H16BrN3O/c1-2-18-14(11(15)9-17-18)13(19)8-12(16)10-6-4-3-5-7-10/h3-7,9,12H,2,8,16H2,1H3. The summed E-state index contributed by atoms with van der Waals surface area (Å²) in [5.74, 6) is 0.00239. The lowest BCUT2D eigenvalue weighted by Gasteiger charge is -2.12. The molecule has 1 aromatic carbocycles. The molecule has 1 heterocycles. The highest BCUT2D eigenvalue weighted by Gasteiger charge is 2.19. The molecule has 0 aliphatic rings. The molecular formula is C14H16BrN3O. The third kappa shape index (κ3) is 3.11. The Morgan fingerprint density at radius 2 is 2.11 bits per heavy atom. The van der Waals surface area contributed by atoms with E-state index in [-0.39, 0.29) is 18.2 Å². The second-order valence-corrected chi connectivity index (χ2v) is 5.16. The summed E-state index contributed by atoms with van der Waals surface area (Å²) in [7, 11) is 0. The molecule has 0 radical (unpaired) electrons. The predicted octanol–water partition coefficient (Wildman–Crippen LogP) is 2.94. The van der Waals surface area contributed by atoms with Crippen molar-refractivity contribution in [2.45, 2.75) is 25.9 Å². The van der Waals surface area contributed by atoms with Gasteiger partial charge in [0, 0.05) is 19.0 Å². The van der Waals surface area contributed by atoms with Crippen LogP contribution in [0.2, 0.25) is 0 Å². The minimum absolute atomic E-state index is 0.00239. The fourth-order valence-electron chi connectivity index (χ4n) is 1.99. The van der Waals surface area contributed by atoms with Crippen LogP contribution >= 0.6 is 15.9 Å². The van der Waals surface area contributed by atoms with Gasteiger partial charge in [-0.05, 0) is 28.4 Å². The Labute approximate surface area is 120 Å². The number of nitrogens with two attached hydrogens (primary N) is 1. The lowest BCUT2D eigenvalue weighted by atomic mass is 10.0. The van der Waals surface area contributed by atoms with Crippen LogP contribution in [0.25, 0.3) is 0 Å². The van der Waals surface area contributed by atoms with E-state index in [4.69, 9.17) is 5.73 Å². The summed E-state index contributed by atoms with van der Waals surface area (Å²) in [6.07, 6.45) is 1.92. The highest BCUT2D eigenvalue weighted by Crippen LogP contribution is 2.21. The average Bonchev–Trinajstić information content (AvgIpc) is 2.80. The fourth-order valence-corrected chi connectivity index (χ4v) is 2.51. The quantitative estimate of drug-likeness (QED) is 0.861. The van der Waals surface area contributed by atoms with E-state index in [1.165, 1.54) is 0 Å². The summed E-state index contributed by atoms with van der Waals surface area (Å²) < 4.78 is 2.41. The van der Waals surface area contributed by atoms with Crippen LogP contribution in [0, 0.1) is 0 Å². The Kier molecular flexibility index (Phi) is 4.50. The SMILES string of the molecule is CCn1ncc(Br)c1C(=O)CC(N)c1ccccc1. The fraction of sp³-hybridized carbons (Fsp3) is 0.286. The third-order valence-electron chi connectivity index (χ3n) is 2.99. The molecule has 1 atom stereocenters. The van der Waals surface area contributed by atoms with Gasteiger partial charge in [0.25, 0.3) is 0 Å². The summed E-state index contributed by atoms with van der Waals surface area (Å²) in [6.45, 7) is 2.61. The summed E-state index contributed by atoms with van der Waals surface area (Å²) in [6, 6.07) is 9.35. The number of carbonyl (C=O) groups excluding carboxylic acids is 1. The molecule has 100 valence electrons. The number of Topliss-reactive ketones (excluding diaryl/α,β-unsaturated/α-hetero) is 1. The molecular weight excluding hydrogens is 306 g/mol. The first-order chi connectivity index (χ1) is 9.13. The maximum atomic E-state index is 12.3. The maximum absolute atomic E-state index is 12.3. The van der Waals surface area contributed by atoms with Crippen LogP contribution in [0.1, 0.15) is 35.4 Å². The molecule has 0 aliphatic carbocycles. The predicted molar refractivity (Wildman–Crippen MR) is 77.9 cm³/mol. The zero-order valence-corrected chi connectivity index (χ0v) is 12.3. The average molecular weight is 322 g/mol. The number of hydrogen-bond donors (Lipinski definition) is 1. The minimum atomic E-state index is -0.291. The molecule has 0 bridgehead atoms. The number of nitrogens with zero attached hydrogens (tertiary/aromatic N) is 2. The van der Waals surface area contributed by atoms with Crippen molar-refractivity contribution in [3.05, 3.63) is 52.3 Å². The molecule has 1 aromatic heterocycles. The summed E-state index contributed by atoms with van der Waals surface area (Å²) >= 11 is 3.36. The van der Waals surface area contributed by atoms with E-state index >= 15 is 0 Å². The van der Waals surface area contributed by atoms with Gasteiger partial charge in [0.15, 0.2) is 5.78 Å². The molecule has 0 saturated heterocycles. The van der Waals surface area contributed by atoms with Crippen LogP contribution in [0.5, 0.6) is 0 Å². The molecule has 2 aromatic rings. The molecule has 2 rings (SSSR count). The van der Waals surface area contributed by atoms with Crippen molar-refractivity contribution in [1.29, 1.82) is 0 Å². The lowest BCUT2D eigenvalue weighted by molar-refractivity contribution is 0.0963. The highest BCUT2D eigenvalue weighted by atomic mass is 79.9. The van der Waals surface area contributed by atoms with Gasteiger partial charge >= 0.3 is 0 Å². The Morgan fingerprint density at radius 3 is 2.74 bits per heavy atom. The van der Waals surface area contributed by atoms with E-state index in [1.807, 2.05) is 37.3 Å². The third-order valence-corrected chi connectivity index (χ3v) is 3.57. The Bertz CT molecular complexity index is 565. The van der Waals surface area contributed by atoms with Crippen LogP contribution in [0.4, 0.5) is 0 Å². The Balaban J connectivity index is 2.15. The number of hydrogen-bond acceptors (Lipinski definition) is 3. The van der Waals surface area contributed by atoms with Gasteiger partial charge in [0.1, 0.15) is 5.69 Å². The molecule has 4 nitrogen and oxygen atoms in total. The maximum Gasteiger partial charge on any atom is 0.183 e. The van der Waals surface area contributed by atoms with Crippen molar-refractivity contribution in [2.24, 2.45) is 5.73 Å². The number of benzene rings is 1. The van der Waals surface area contributed by atoms with E-state index in [0.717, 1.165) is 10.0 Å².